The smallest absolute Gasteiger partial charge is 0.222 e. The fraction of sp³-hybridized carbons (Fsp3) is 0.846. The maximum atomic E-state index is 12.0. The Kier molecular flexibility index (Phi) is 9.87. The molecule has 0 aromatic carbocycles. The van der Waals surface area contributed by atoms with Gasteiger partial charge in [-0.25, -0.2) is 0 Å². The second-order valence-corrected chi connectivity index (χ2v) is 5.27. The summed E-state index contributed by atoms with van der Waals surface area (Å²) in [6.07, 6.45) is 2.02. The molecule has 0 aromatic heterocycles. The van der Waals surface area contributed by atoms with Crippen LogP contribution in [0.5, 0.6) is 0 Å². The van der Waals surface area contributed by atoms with E-state index in [0.717, 1.165) is 6.42 Å². The summed E-state index contributed by atoms with van der Waals surface area (Å²) in [5, 5.41) is 0. The average molecular weight is 274 g/mol. The van der Waals surface area contributed by atoms with E-state index in [1.165, 1.54) is 0 Å². The van der Waals surface area contributed by atoms with Crippen molar-refractivity contribution in [3.8, 4) is 0 Å². The fourth-order valence-electron chi connectivity index (χ4n) is 1.59. The number of hydrogen-bond acceptors (Lipinski definition) is 3. The molecule has 0 spiro atoms. The zero-order chi connectivity index (χ0) is 14.0. The lowest BCUT2D eigenvalue weighted by molar-refractivity contribution is -0.132. The molecular formula is C13H26N2O2S. The van der Waals surface area contributed by atoms with Crippen LogP contribution < -0.4 is 5.73 Å². The third-order valence-electron chi connectivity index (χ3n) is 2.48. The molecule has 0 saturated heterocycles. The summed E-state index contributed by atoms with van der Waals surface area (Å²) in [6.45, 7) is 8.80. The molecule has 5 heteroatoms. The van der Waals surface area contributed by atoms with Crippen LogP contribution in [0.3, 0.4) is 0 Å². The van der Waals surface area contributed by atoms with E-state index < -0.39 is 0 Å². The highest BCUT2D eigenvalue weighted by Gasteiger charge is 2.14. The molecule has 0 aromatic rings. The lowest BCUT2D eigenvalue weighted by Gasteiger charge is -2.23. The Labute approximate surface area is 116 Å². The third-order valence-corrected chi connectivity index (χ3v) is 2.69. The van der Waals surface area contributed by atoms with E-state index >= 15 is 0 Å². The first kappa shape index (κ1) is 17.3. The van der Waals surface area contributed by atoms with Crippen LogP contribution in [0.15, 0.2) is 0 Å². The molecule has 0 heterocycles. The van der Waals surface area contributed by atoms with E-state index in [4.69, 9.17) is 22.7 Å². The van der Waals surface area contributed by atoms with Crippen molar-refractivity contribution < 1.29 is 9.53 Å². The van der Waals surface area contributed by atoms with Crippen molar-refractivity contribution in [2.75, 3.05) is 26.3 Å². The monoisotopic (exact) mass is 274 g/mol. The first-order valence-corrected chi connectivity index (χ1v) is 7.02. The molecule has 1 amide bonds. The van der Waals surface area contributed by atoms with E-state index in [1.807, 2.05) is 25.7 Å². The lowest BCUT2D eigenvalue weighted by Crippen LogP contribution is -2.35. The Hall–Kier alpha value is -0.680. The van der Waals surface area contributed by atoms with Crippen LogP contribution in [0, 0.1) is 5.92 Å². The number of hydrogen-bond donors (Lipinski definition) is 1. The summed E-state index contributed by atoms with van der Waals surface area (Å²) in [6, 6.07) is 0. The summed E-state index contributed by atoms with van der Waals surface area (Å²) in [7, 11) is 0. The van der Waals surface area contributed by atoms with Gasteiger partial charge in [-0.2, -0.15) is 0 Å². The quantitative estimate of drug-likeness (QED) is 0.489. The molecule has 0 bridgehead atoms. The number of thiocarbonyl (C=S) groups is 1. The number of ether oxygens (including phenoxy) is 1. The molecule has 0 aliphatic carbocycles. The zero-order valence-corrected chi connectivity index (χ0v) is 12.6. The molecule has 0 atom stereocenters. The van der Waals surface area contributed by atoms with E-state index in [2.05, 4.69) is 0 Å². The number of carbonyl (C=O) groups excluding carboxylic acids is 1. The molecule has 0 saturated carbocycles. The van der Waals surface area contributed by atoms with Gasteiger partial charge in [0.2, 0.25) is 5.91 Å². The van der Waals surface area contributed by atoms with Gasteiger partial charge in [0.15, 0.2) is 0 Å². The summed E-state index contributed by atoms with van der Waals surface area (Å²) in [5.74, 6) is 0.550. The molecule has 0 fully saturated rings. The fourth-order valence-corrected chi connectivity index (χ4v) is 1.68. The van der Waals surface area contributed by atoms with Crippen molar-refractivity contribution in [3.05, 3.63) is 0 Å². The van der Waals surface area contributed by atoms with E-state index in [9.17, 15) is 4.79 Å². The minimum absolute atomic E-state index is 0.178. The van der Waals surface area contributed by atoms with E-state index in [1.54, 1.807) is 0 Å². The van der Waals surface area contributed by atoms with Gasteiger partial charge in [-0.15, -0.1) is 0 Å². The van der Waals surface area contributed by atoms with Crippen molar-refractivity contribution in [1.29, 1.82) is 0 Å². The topological polar surface area (TPSA) is 55.6 Å². The molecule has 0 radical (unpaired) electrons. The van der Waals surface area contributed by atoms with Crippen molar-refractivity contribution >= 4 is 23.1 Å². The summed E-state index contributed by atoms with van der Waals surface area (Å²) in [5.41, 5.74) is 5.49. The Morgan fingerprint density at radius 1 is 1.39 bits per heavy atom. The number of nitrogens with zero attached hydrogens (tertiary/aromatic N) is 1. The zero-order valence-electron chi connectivity index (χ0n) is 11.8. The highest BCUT2D eigenvalue weighted by atomic mass is 32.1. The summed E-state index contributed by atoms with van der Waals surface area (Å²) >= 11 is 4.86. The number of amides is 1. The van der Waals surface area contributed by atoms with Gasteiger partial charge in [-0.1, -0.05) is 26.1 Å². The second kappa shape index (κ2) is 10.3. The van der Waals surface area contributed by atoms with Crippen molar-refractivity contribution in [2.45, 2.75) is 40.0 Å². The van der Waals surface area contributed by atoms with Crippen molar-refractivity contribution in [1.82, 2.24) is 4.90 Å². The Balaban J connectivity index is 4.14. The Morgan fingerprint density at radius 2 is 2.06 bits per heavy atom. The van der Waals surface area contributed by atoms with Gasteiger partial charge >= 0.3 is 0 Å². The van der Waals surface area contributed by atoms with Crippen LogP contribution in [0.2, 0.25) is 0 Å². The standard InChI is InChI=1S/C13H26N2O2S/c1-4-17-9-5-7-15(8-6-12(14)18)13(16)10-11(2)3/h11H,4-10H2,1-3H3,(H2,14,18). The number of rotatable bonds is 10. The van der Waals surface area contributed by atoms with Crippen LogP contribution in [0.4, 0.5) is 0 Å². The summed E-state index contributed by atoms with van der Waals surface area (Å²) in [4.78, 5) is 14.3. The van der Waals surface area contributed by atoms with Crippen LogP contribution >= 0.6 is 12.2 Å². The summed E-state index contributed by atoms with van der Waals surface area (Å²) < 4.78 is 5.28. The van der Waals surface area contributed by atoms with Gasteiger partial charge in [-0.05, 0) is 19.3 Å². The van der Waals surface area contributed by atoms with Crippen LogP contribution in [-0.2, 0) is 9.53 Å². The SMILES string of the molecule is CCOCCCN(CCC(N)=S)C(=O)CC(C)C. The largest absolute Gasteiger partial charge is 0.393 e. The predicted octanol–water partition coefficient (Wildman–Crippen LogP) is 1.96. The molecule has 0 aliphatic rings. The maximum Gasteiger partial charge on any atom is 0.222 e. The van der Waals surface area contributed by atoms with Gasteiger partial charge in [0, 0.05) is 39.1 Å². The normalized spacial score (nSPS) is 10.7. The molecular weight excluding hydrogens is 248 g/mol. The van der Waals surface area contributed by atoms with Crippen molar-refractivity contribution in [2.24, 2.45) is 11.7 Å². The minimum atomic E-state index is 0.178. The van der Waals surface area contributed by atoms with Gasteiger partial charge in [0.1, 0.15) is 0 Å². The second-order valence-electron chi connectivity index (χ2n) is 4.75. The Bertz CT molecular complexity index is 257. The average Bonchev–Trinajstić information content (AvgIpc) is 2.26. The number of carbonyl (C=O) groups is 1. The molecule has 18 heavy (non-hydrogen) atoms. The van der Waals surface area contributed by atoms with Gasteiger partial charge < -0.3 is 15.4 Å². The first-order valence-electron chi connectivity index (χ1n) is 6.61. The van der Waals surface area contributed by atoms with E-state index in [-0.39, 0.29) is 5.91 Å². The van der Waals surface area contributed by atoms with Crippen LogP contribution in [0.1, 0.15) is 40.0 Å². The predicted molar refractivity (Wildman–Crippen MR) is 78.5 cm³/mol. The molecule has 0 unspecified atom stereocenters. The third kappa shape index (κ3) is 9.36. The van der Waals surface area contributed by atoms with Gasteiger partial charge in [0.25, 0.3) is 0 Å². The highest BCUT2D eigenvalue weighted by Crippen LogP contribution is 2.06. The molecule has 2 N–H and O–H groups in total. The minimum Gasteiger partial charge on any atom is -0.393 e. The number of nitrogens with two attached hydrogens (primary N) is 1. The molecule has 0 aliphatic heterocycles. The molecule has 106 valence electrons. The lowest BCUT2D eigenvalue weighted by atomic mass is 10.1. The van der Waals surface area contributed by atoms with Crippen LogP contribution in [-0.4, -0.2) is 42.1 Å². The van der Waals surface area contributed by atoms with Crippen LogP contribution in [0.25, 0.3) is 0 Å². The molecule has 0 rings (SSSR count). The first-order chi connectivity index (χ1) is 8.47. The van der Waals surface area contributed by atoms with E-state index in [0.29, 0.717) is 50.1 Å². The maximum absolute atomic E-state index is 12.0. The van der Waals surface area contributed by atoms with Gasteiger partial charge in [0.05, 0.1) is 4.99 Å². The highest BCUT2D eigenvalue weighted by molar-refractivity contribution is 7.80. The Morgan fingerprint density at radius 3 is 2.56 bits per heavy atom. The van der Waals surface area contributed by atoms with Crippen molar-refractivity contribution in [3.63, 3.8) is 0 Å². The van der Waals surface area contributed by atoms with Gasteiger partial charge in [-0.3, -0.25) is 4.79 Å². The molecule has 4 nitrogen and oxygen atoms in total.